The number of carboxylic acids is 1. The molecule has 1 heterocycles. The fourth-order valence-corrected chi connectivity index (χ4v) is 5.28. The molecule has 0 aliphatic carbocycles. The number of halogens is 1. The molecule has 0 saturated heterocycles. The second-order valence-corrected chi connectivity index (χ2v) is 15.7. The van der Waals surface area contributed by atoms with Crippen molar-refractivity contribution in [3.63, 3.8) is 0 Å². The van der Waals surface area contributed by atoms with E-state index in [4.69, 9.17) is 25.8 Å². The SMILES string of the molecule is COc1ccc(Sc2cc(Cl)cc3c2cc(C(=O)O)n3COCC[Si](C)(C)C)cc1OC. The minimum absolute atomic E-state index is 0.163. The molecule has 0 saturated carbocycles. The van der Waals surface area contributed by atoms with Crippen molar-refractivity contribution in [2.75, 3.05) is 20.8 Å². The fraction of sp³-hybridized carbons (Fsp3) is 0.348. The molecule has 32 heavy (non-hydrogen) atoms. The van der Waals surface area contributed by atoms with Gasteiger partial charge in [0.15, 0.2) is 11.5 Å². The number of fused-ring (bicyclic) bond motifs is 1. The van der Waals surface area contributed by atoms with Crippen molar-refractivity contribution >= 4 is 48.3 Å². The first kappa shape index (κ1) is 24.5. The summed E-state index contributed by atoms with van der Waals surface area (Å²) in [4.78, 5) is 13.7. The zero-order valence-electron chi connectivity index (χ0n) is 18.9. The molecule has 1 aromatic heterocycles. The van der Waals surface area contributed by atoms with Crippen LogP contribution in [-0.4, -0.2) is 44.5 Å². The molecule has 0 spiro atoms. The monoisotopic (exact) mass is 493 g/mol. The Bertz CT molecular complexity index is 1130. The first-order valence-electron chi connectivity index (χ1n) is 10.2. The molecule has 0 unspecified atom stereocenters. The molecule has 3 rings (SSSR count). The number of carboxylic acid groups (broad SMARTS) is 1. The number of hydrogen-bond acceptors (Lipinski definition) is 5. The first-order valence-corrected chi connectivity index (χ1v) is 15.1. The number of aromatic nitrogens is 1. The normalized spacial score (nSPS) is 11.7. The summed E-state index contributed by atoms with van der Waals surface area (Å²) in [5.74, 6) is 0.256. The van der Waals surface area contributed by atoms with Gasteiger partial charge in [0.2, 0.25) is 0 Å². The van der Waals surface area contributed by atoms with Gasteiger partial charge in [0.25, 0.3) is 0 Å². The van der Waals surface area contributed by atoms with Crippen LogP contribution in [0.1, 0.15) is 10.5 Å². The van der Waals surface area contributed by atoms with Crippen molar-refractivity contribution < 1.29 is 24.1 Å². The van der Waals surface area contributed by atoms with E-state index in [0.29, 0.717) is 23.1 Å². The average molecular weight is 494 g/mol. The minimum Gasteiger partial charge on any atom is -0.493 e. The number of nitrogens with zero attached hydrogens (tertiary/aromatic N) is 1. The molecule has 0 amide bonds. The molecule has 0 bridgehead atoms. The molecule has 9 heteroatoms. The molecule has 6 nitrogen and oxygen atoms in total. The van der Waals surface area contributed by atoms with Gasteiger partial charge in [0, 0.05) is 34.9 Å². The van der Waals surface area contributed by atoms with Crippen LogP contribution in [0, 0.1) is 0 Å². The van der Waals surface area contributed by atoms with E-state index in [1.54, 1.807) is 30.9 Å². The lowest BCUT2D eigenvalue weighted by Crippen LogP contribution is -2.22. The number of rotatable bonds is 10. The number of aromatic carboxylic acids is 1. The Morgan fingerprint density at radius 3 is 2.44 bits per heavy atom. The molecule has 0 radical (unpaired) electrons. The zero-order chi connectivity index (χ0) is 23.5. The number of benzene rings is 2. The Balaban J connectivity index is 1.97. The van der Waals surface area contributed by atoms with E-state index in [9.17, 15) is 9.90 Å². The Kier molecular flexibility index (Phi) is 7.82. The van der Waals surface area contributed by atoms with Crippen molar-refractivity contribution in [3.05, 3.63) is 47.1 Å². The van der Waals surface area contributed by atoms with Gasteiger partial charge in [0.1, 0.15) is 12.4 Å². The summed E-state index contributed by atoms with van der Waals surface area (Å²) < 4.78 is 18.2. The van der Waals surface area contributed by atoms with Crippen LogP contribution in [-0.2, 0) is 11.5 Å². The molecule has 172 valence electrons. The van der Waals surface area contributed by atoms with E-state index in [1.807, 2.05) is 24.3 Å². The first-order chi connectivity index (χ1) is 15.1. The third-order valence-electron chi connectivity index (χ3n) is 4.97. The third kappa shape index (κ3) is 5.80. The lowest BCUT2D eigenvalue weighted by atomic mass is 10.2. The largest absolute Gasteiger partial charge is 0.493 e. The molecule has 0 aliphatic rings. The number of ether oxygens (including phenoxy) is 3. The van der Waals surface area contributed by atoms with Crippen molar-refractivity contribution in [1.82, 2.24) is 4.57 Å². The summed E-state index contributed by atoms with van der Waals surface area (Å²) in [7, 11) is 1.94. The number of carbonyl (C=O) groups is 1. The van der Waals surface area contributed by atoms with Crippen LogP contribution < -0.4 is 9.47 Å². The highest BCUT2D eigenvalue weighted by Crippen LogP contribution is 2.40. The lowest BCUT2D eigenvalue weighted by molar-refractivity contribution is 0.0630. The van der Waals surface area contributed by atoms with Gasteiger partial charge in [-0.3, -0.25) is 0 Å². The van der Waals surface area contributed by atoms with Crippen LogP contribution in [0.4, 0.5) is 0 Å². The van der Waals surface area contributed by atoms with Crippen LogP contribution >= 0.6 is 23.4 Å². The maximum atomic E-state index is 12.0. The van der Waals surface area contributed by atoms with E-state index >= 15 is 0 Å². The van der Waals surface area contributed by atoms with E-state index in [0.717, 1.165) is 26.7 Å². The Labute approximate surface area is 198 Å². The van der Waals surface area contributed by atoms with Crippen LogP contribution in [0.2, 0.25) is 30.7 Å². The third-order valence-corrected chi connectivity index (χ3v) is 7.94. The van der Waals surface area contributed by atoms with Crippen LogP contribution in [0.15, 0.2) is 46.2 Å². The molecule has 2 aromatic carbocycles. The maximum absolute atomic E-state index is 12.0. The molecular weight excluding hydrogens is 466 g/mol. The molecule has 3 aromatic rings. The van der Waals surface area contributed by atoms with Gasteiger partial charge in [-0.1, -0.05) is 43.0 Å². The molecule has 1 N–H and O–H groups in total. The van der Waals surface area contributed by atoms with Gasteiger partial charge < -0.3 is 23.9 Å². The average Bonchev–Trinajstić information content (AvgIpc) is 3.09. The Morgan fingerprint density at radius 1 is 1.09 bits per heavy atom. The predicted molar refractivity (Wildman–Crippen MR) is 132 cm³/mol. The predicted octanol–water partition coefficient (Wildman–Crippen LogP) is 6.47. The van der Waals surface area contributed by atoms with Gasteiger partial charge >= 0.3 is 5.97 Å². The topological polar surface area (TPSA) is 69.9 Å². The Morgan fingerprint density at radius 2 is 1.81 bits per heavy atom. The zero-order valence-corrected chi connectivity index (χ0v) is 21.5. The van der Waals surface area contributed by atoms with Crippen molar-refractivity contribution in [2.24, 2.45) is 0 Å². The van der Waals surface area contributed by atoms with Crippen LogP contribution in [0.5, 0.6) is 11.5 Å². The fourth-order valence-electron chi connectivity index (χ4n) is 3.23. The van der Waals surface area contributed by atoms with Gasteiger partial charge in [0.05, 0.1) is 19.7 Å². The summed E-state index contributed by atoms with van der Waals surface area (Å²) in [6, 6.07) is 12.0. The van der Waals surface area contributed by atoms with E-state index in [2.05, 4.69) is 19.6 Å². The van der Waals surface area contributed by atoms with Crippen LogP contribution in [0.3, 0.4) is 0 Å². The van der Waals surface area contributed by atoms with E-state index in [-0.39, 0.29) is 12.4 Å². The summed E-state index contributed by atoms with van der Waals surface area (Å²) in [6.45, 7) is 7.60. The standard InChI is InChI=1S/C23H28ClNO5SSi/c1-28-20-7-6-16(12-21(20)29-2)31-22-11-15(24)10-18-17(22)13-19(23(26)27)25(18)14-30-8-9-32(3,4)5/h6-7,10-13H,8-9,14H2,1-5H3,(H,26,27). The second-order valence-electron chi connectivity index (χ2n) is 8.57. The second kappa shape index (κ2) is 10.2. The highest BCUT2D eigenvalue weighted by atomic mass is 35.5. The van der Waals surface area contributed by atoms with Gasteiger partial charge in [-0.05, 0) is 42.4 Å². The van der Waals surface area contributed by atoms with Crippen molar-refractivity contribution in [3.8, 4) is 11.5 Å². The van der Waals surface area contributed by atoms with Gasteiger partial charge in [-0.25, -0.2) is 4.79 Å². The lowest BCUT2D eigenvalue weighted by Gasteiger charge is -2.16. The Hall–Kier alpha value is -2.13. The number of methoxy groups -OCH3 is 2. The maximum Gasteiger partial charge on any atom is 0.352 e. The van der Waals surface area contributed by atoms with Crippen molar-refractivity contribution in [1.29, 1.82) is 0 Å². The van der Waals surface area contributed by atoms with E-state index in [1.165, 1.54) is 11.8 Å². The summed E-state index contributed by atoms with van der Waals surface area (Å²) >= 11 is 7.91. The van der Waals surface area contributed by atoms with Crippen LogP contribution in [0.25, 0.3) is 10.9 Å². The van der Waals surface area contributed by atoms with Gasteiger partial charge in [-0.15, -0.1) is 0 Å². The van der Waals surface area contributed by atoms with Gasteiger partial charge in [-0.2, -0.15) is 0 Å². The molecular formula is C23H28ClNO5SSi. The summed E-state index contributed by atoms with van der Waals surface area (Å²) in [5, 5.41) is 11.1. The van der Waals surface area contributed by atoms with E-state index < -0.39 is 14.0 Å². The summed E-state index contributed by atoms with van der Waals surface area (Å²) in [6.07, 6.45) is 0. The highest BCUT2D eigenvalue weighted by Gasteiger charge is 2.19. The quantitative estimate of drug-likeness (QED) is 0.257. The smallest absolute Gasteiger partial charge is 0.352 e. The molecule has 0 atom stereocenters. The highest BCUT2D eigenvalue weighted by molar-refractivity contribution is 7.99. The van der Waals surface area contributed by atoms with Crippen molar-refractivity contribution in [2.45, 2.75) is 42.2 Å². The summed E-state index contributed by atoms with van der Waals surface area (Å²) in [5.41, 5.74) is 0.898. The molecule has 0 fully saturated rings. The molecule has 0 aliphatic heterocycles. The minimum atomic E-state index is -1.24. The number of hydrogen-bond donors (Lipinski definition) is 1.